The topological polar surface area (TPSA) is 36.0 Å². The first kappa shape index (κ1) is 17.1. The quantitative estimate of drug-likeness (QED) is 0.723. The molecule has 5 nitrogen and oxygen atoms in total. The van der Waals surface area contributed by atoms with Crippen LogP contribution in [0.1, 0.15) is 26.2 Å². The lowest BCUT2D eigenvalue weighted by Crippen LogP contribution is -2.49. The Kier molecular flexibility index (Phi) is 6.79. The van der Waals surface area contributed by atoms with Gasteiger partial charge in [0, 0.05) is 45.8 Å². The Morgan fingerprint density at radius 1 is 1.19 bits per heavy atom. The Bertz CT molecular complexity index is 329. The van der Waals surface area contributed by atoms with Crippen molar-refractivity contribution in [3.63, 3.8) is 0 Å². The number of carbonyl (C=O) groups excluding carboxylic acids is 1. The fourth-order valence-electron chi connectivity index (χ4n) is 3.05. The van der Waals surface area contributed by atoms with Gasteiger partial charge in [-0.1, -0.05) is 19.6 Å². The summed E-state index contributed by atoms with van der Waals surface area (Å²) in [7, 11) is 1.81. The Morgan fingerprint density at radius 3 is 2.29 bits per heavy atom. The molecule has 21 heavy (non-hydrogen) atoms. The van der Waals surface area contributed by atoms with Crippen molar-refractivity contribution in [3.8, 4) is 0 Å². The van der Waals surface area contributed by atoms with Crippen molar-refractivity contribution in [2.24, 2.45) is 0 Å². The molecule has 122 valence electrons. The van der Waals surface area contributed by atoms with Crippen LogP contribution in [0.2, 0.25) is 0 Å². The highest BCUT2D eigenvalue weighted by molar-refractivity contribution is 7.96. The molecule has 1 amide bonds. The standard InChI is InChI=1S/C15H29N3O2S/c1-3-4-17-5-7-18(8-6-17)9-10-20-14-11-13(12-14)16(2)15(19)21/h13-14H,3-12H2,1-2H3,(H,19,21)/t13-,14-. The van der Waals surface area contributed by atoms with Crippen molar-refractivity contribution in [1.29, 1.82) is 0 Å². The molecular weight excluding hydrogens is 286 g/mol. The zero-order chi connectivity index (χ0) is 15.2. The molecule has 1 saturated heterocycles. The summed E-state index contributed by atoms with van der Waals surface area (Å²) in [6.45, 7) is 10.0. The van der Waals surface area contributed by atoms with E-state index in [1.54, 1.807) is 4.90 Å². The number of hydrogen-bond acceptors (Lipinski definition) is 4. The maximum absolute atomic E-state index is 11.1. The van der Waals surface area contributed by atoms with Gasteiger partial charge < -0.3 is 14.5 Å². The second kappa shape index (κ2) is 8.36. The van der Waals surface area contributed by atoms with Crippen LogP contribution in [-0.4, -0.2) is 85.0 Å². The molecule has 2 fully saturated rings. The second-order valence-corrected chi connectivity index (χ2v) is 6.58. The van der Waals surface area contributed by atoms with Gasteiger partial charge in [0.15, 0.2) is 0 Å². The van der Waals surface area contributed by atoms with Crippen molar-refractivity contribution in [3.05, 3.63) is 0 Å². The minimum atomic E-state index is -0.150. The summed E-state index contributed by atoms with van der Waals surface area (Å²) in [6.07, 6.45) is 3.47. The number of ether oxygens (including phenoxy) is 1. The summed E-state index contributed by atoms with van der Waals surface area (Å²) in [5, 5.41) is -0.150. The molecule has 1 heterocycles. The first-order valence-electron chi connectivity index (χ1n) is 8.12. The van der Waals surface area contributed by atoms with Gasteiger partial charge in [0.2, 0.25) is 0 Å². The molecule has 0 atom stereocenters. The van der Waals surface area contributed by atoms with E-state index in [0.717, 1.165) is 39.1 Å². The fraction of sp³-hybridized carbons (Fsp3) is 0.933. The van der Waals surface area contributed by atoms with Crippen molar-refractivity contribution in [2.45, 2.75) is 38.3 Å². The zero-order valence-electron chi connectivity index (χ0n) is 13.3. The first-order valence-corrected chi connectivity index (χ1v) is 8.57. The Labute approximate surface area is 134 Å². The molecular formula is C15H29N3O2S. The molecule has 0 unspecified atom stereocenters. The molecule has 0 aromatic rings. The van der Waals surface area contributed by atoms with Gasteiger partial charge in [0.25, 0.3) is 5.24 Å². The number of piperazine rings is 1. The predicted molar refractivity (Wildman–Crippen MR) is 88.1 cm³/mol. The summed E-state index contributed by atoms with van der Waals surface area (Å²) in [4.78, 5) is 17.9. The molecule has 0 radical (unpaired) electrons. The van der Waals surface area contributed by atoms with E-state index >= 15 is 0 Å². The molecule has 1 aliphatic carbocycles. The van der Waals surface area contributed by atoms with Gasteiger partial charge in [-0.3, -0.25) is 9.69 Å². The third kappa shape index (κ3) is 5.13. The Balaban J connectivity index is 1.51. The minimum Gasteiger partial charge on any atom is -0.377 e. The van der Waals surface area contributed by atoms with Gasteiger partial charge in [-0.2, -0.15) is 0 Å². The van der Waals surface area contributed by atoms with Crippen LogP contribution in [0.3, 0.4) is 0 Å². The predicted octanol–water partition coefficient (Wildman–Crippen LogP) is 1.54. The molecule has 0 aromatic heterocycles. The lowest BCUT2D eigenvalue weighted by atomic mass is 9.88. The van der Waals surface area contributed by atoms with E-state index in [1.165, 1.54) is 26.1 Å². The highest BCUT2D eigenvalue weighted by Gasteiger charge is 2.34. The van der Waals surface area contributed by atoms with Crippen LogP contribution in [0.25, 0.3) is 0 Å². The maximum atomic E-state index is 11.1. The van der Waals surface area contributed by atoms with Gasteiger partial charge in [-0.25, -0.2) is 0 Å². The van der Waals surface area contributed by atoms with Crippen molar-refractivity contribution in [2.75, 3.05) is 52.9 Å². The van der Waals surface area contributed by atoms with Crippen LogP contribution < -0.4 is 0 Å². The van der Waals surface area contributed by atoms with Gasteiger partial charge in [-0.05, 0) is 25.8 Å². The smallest absolute Gasteiger partial charge is 0.278 e. The molecule has 0 spiro atoms. The molecule has 6 heteroatoms. The van der Waals surface area contributed by atoms with E-state index in [4.69, 9.17) is 4.74 Å². The second-order valence-electron chi connectivity index (χ2n) is 6.19. The third-order valence-electron chi connectivity index (χ3n) is 4.69. The number of nitrogens with zero attached hydrogens (tertiary/aromatic N) is 3. The lowest BCUT2D eigenvalue weighted by molar-refractivity contribution is -0.0430. The molecule has 2 rings (SSSR count). The van der Waals surface area contributed by atoms with Gasteiger partial charge >= 0.3 is 0 Å². The summed E-state index contributed by atoms with van der Waals surface area (Å²) in [6, 6.07) is 0.317. The zero-order valence-corrected chi connectivity index (χ0v) is 14.2. The average Bonchev–Trinajstić information content (AvgIpc) is 2.42. The number of amides is 1. The summed E-state index contributed by atoms with van der Waals surface area (Å²) in [5.41, 5.74) is 0. The highest BCUT2D eigenvalue weighted by Crippen LogP contribution is 2.28. The maximum Gasteiger partial charge on any atom is 0.278 e. The molecule has 1 aliphatic heterocycles. The normalized spacial score (nSPS) is 27.4. The van der Waals surface area contributed by atoms with E-state index in [9.17, 15) is 4.79 Å². The van der Waals surface area contributed by atoms with Gasteiger partial charge in [-0.15, -0.1) is 0 Å². The molecule has 1 saturated carbocycles. The number of rotatable bonds is 7. The number of hydrogen-bond donors (Lipinski definition) is 1. The summed E-state index contributed by atoms with van der Waals surface area (Å²) < 4.78 is 5.90. The molecule has 0 bridgehead atoms. The van der Waals surface area contributed by atoms with Crippen LogP contribution in [0.15, 0.2) is 0 Å². The fourth-order valence-corrected chi connectivity index (χ4v) is 3.21. The van der Waals surface area contributed by atoms with Gasteiger partial charge in [0.05, 0.1) is 12.7 Å². The van der Waals surface area contributed by atoms with Crippen LogP contribution in [0, 0.1) is 0 Å². The monoisotopic (exact) mass is 315 g/mol. The van der Waals surface area contributed by atoms with Gasteiger partial charge in [0.1, 0.15) is 0 Å². The van der Waals surface area contributed by atoms with Crippen LogP contribution >= 0.6 is 12.6 Å². The number of thiol groups is 1. The lowest BCUT2D eigenvalue weighted by Gasteiger charge is -2.40. The first-order chi connectivity index (χ1) is 10.1. The minimum absolute atomic E-state index is 0.150. The summed E-state index contributed by atoms with van der Waals surface area (Å²) in [5.74, 6) is 0. The van der Waals surface area contributed by atoms with Crippen LogP contribution in [0.4, 0.5) is 4.79 Å². The molecule has 0 aromatic carbocycles. The van der Waals surface area contributed by atoms with Crippen molar-refractivity contribution in [1.82, 2.24) is 14.7 Å². The van der Waals surface area contributed by atoms with Crippen LogP contribution in [-0.2, 0) is 4.74 Å². The van der Waals surface area contributed by atoms with E-state index < -0.39 is 0 Å². The SMILES string of the molecule is CCCN1CCN(CCO[C@H]2C[C@H](N(C)C(=O)S)C2)CC1. The summed E-state index contributed by atoms with van der Waals surface area (Å²) >= 11 is 3.85. The van der Waals surface area contributed by atoms with Crippen LogP contribution in [0.5, 0.6) is 0 Å². The third-order valence-corrected chi connectivity index (χ3v) is 5.00. The largest absolute Gasteiger partial charge is 0.377 e. The van der Waals surface area contributed by atoms with Crippen molar-refractivity contribution >= 4 is 17.9 Å². The Hall–Kier alpha value is -0.300. The molecule has 2 aliphatic rings. The van der Waals surface area contributed by atoms with E-state index in [2.05, 4.69) is 29.4 Å². The van der Waals surface area contributed by atoms with E-state index in [1.807, 2.05) is 7.05 Å². The highest BCUT2D eigenvalue weighted by atomic mass is 32.1. The van der Waals surface area contributed by atoms with Crippen molar-refractivity contribution < 1.29 is 9.53 Å². The Morgan fingerprint density at radius 2 is 1.76 bits per heavy atom. The van der Waals surface area contributed by atoms with E-state index in [0.29, 0.717) is 12.1 Å². The average molecular weight is 315 g/mol. The molecule has 0 N–H and O–H groups in total. The van der Waals surface area contributed by atoms with E-state index in [-0.39, 0.29) is 5.24 Å². The number of carbonyl (C=O) groups is 1.